The van der Waals surface area contributed by atoms with Gasteiger partial charge in [-0.15, -0.1) is 0 Å². The van der Waals surface area contributed by atoms with Gasteiger partial charge in [-0.25, -0.2) is 4.68 Å². The Morgan fingerprint density at radius 2 is 1.96 bits per heavy atom. The van der Waals surface area contributed by atoms with E-state index in [0.717, 1.165) is 5.69 Å². The van der Waals surface area contributed by atoms with Crippen molar-refractivity contribution in [2.75, 3.05) is 13.6 Å². The number of carboxylic acids is 1. The number of benzene rings is 1. The van der Waals surface area contributed by atoms with Crippen molar-refractivity contribution in [1.29, 1.82) is 0 Å². The van der Waals surface area contributed by atoms with Crippen molar-refractivity contribution in [3.05, 3.63) is 46.7 Å². The number of carbonyl (C=O) groups is 2. The average Bonchev–Trinajstić information content (AvgIpc) is 2.88. The predicted octanol–water partition coefficient (Wildman–Crippen LogP) is 2.63. The van der Waals surface area contributed by atoms with Gasteiger partial charge in [0.2, 0.25) is 0 Å². The van der Waals surface area contributed by atoms with E-state index in [1.165, 1.54) is 4.90 Å². The van der Waals surface area contributed by atoms with Crippen LogP contribution in [-0.2, 0) is 4.79 Å². The molecule has 1 unspecified atom stereocenters. The lowest BCUT2D eigenvalue weighted by Gasteiger charge is -2.18. The SMILES string of the molecule is Cc1nn(-c2ccc(Cl)cc2)cc1C(=O)N(C)CC(C)C(=O)O. The molecule has 0 aliphatic heterocycles. The Kier molecular flexibility index (Phi) is 5.05. The molecule has 0 spiro atoms. The molecule has 1 amide bonds. The smallest absolute Gasteiger partial charge is 0.308 e. The van der Waals surface area contributed by atoms with Gasteiger partial charge < -0.3 is 10.0 Å². The van der Waals surface area contributed by atoms with Gasteiger partial charge in [-0.1, -0.05) is 18.5 Å². The molecular weight excluding hydrogens is 318 g/mol. The Morgan fingerprint density at radius 1 is 1.35 bits per heavy atom. The number of aliphatic carboxylic acids is 1. The zero-order valence-electron chi connectivity index (χ0n) is 13.2. The molecule has 0 aliphatic rings. The van der Waals surface area contributed by atoms with E-state index in [9.17, 15) is 9.59 Å². The molecule has 1 aromatic heterocycles. The Hall–Kier alpha value is -2.34. The predicted molar refractivity (Wildman–Crippen MR) is 87.1 cm³/mol. The van der Waals surface area contributed by atoms with Crippen LogP contribution in [-0.4, -0.2) is 45.3 Å². The first kappa shape index (κ1) is 17.0. The van der Waals surface area contributed by atoms with Crippen LogP contribution in [0.5, 0.6) is 0 Å². The van der Waals surface area contributed by atoms with Gasteiger partial charge in [-0.3, -0.25) is 9.59 Å². The third-order valence-electron chi connectivity index (χ3n) is 3.54. The maximum absolute atomic E-state index is 12.5. The van der Waals surface area contributed by atoms with Crippen LogP contribution >= 0.6 is 11.6 Å². The minimum atomic E-state index is -0.932. The molecule has 2 rings (SSSR count). The van der Waals surface area contributed by atoms with E-state index in [0.29, 0.717) is 16.3 Å². The van der Waals surface area contributed by atoms with Crippen LogP contribution in [0.3, 0.4) is 0 Å². The second-order valence-corrected chi connectivity index (χ2v) is 5.91. The summed E-state index contributed by atoms with van der Waals surface area (Å²) in [6.07, 6.45) is 1.64. The van der Waals surface area contributed by atoms with Crippen molar-refractivity contribution in [3.8, 4) is 5.69 Å². The summed E-state index contributed by atoms with van der Waals surface area (Å²) >= 11 is 5.86. The topological polar surface area (TPSA) is 75.4 Å². The fourth-order valence-corrected chi connectivity index (χ4v) is 2.30. The minimum absolute atomic E-state index is 0.139. The molecular formula is C16H18ClN3O3. The molecule has 0 aliphatic carbocycles. The largest absolute Gasteiger partial charge is 0.481 e. The normalized spacial score (nSPS) is 12.0. The molecule has 7 heteroatoms. The van der Waals surface area contributed by atoms with Gasteiger partial charge in [0.15, 0.2) is 0 Å². The zero-order valence-corrected chi connectivity index (χ0v) is 13.9. The van der Waals surface area contributed by atoms with E-state index >= 15 is 0 Å². The Balaban J connectivity index is 2.21. The lowest BCUT2D eigenvalue weighted by Crippen LogP contribution is -2.33. The van der Waals surface area contributed by atoms with Gasteiger partial charge in [0, 0.05) is 24.8 Å². The van der Waals surface area contributed by atoms with Gasteiger partial charge in [0.05, 0.1) is 22.9 Å². The summed E-state index contributed by atoms with van der Waals surface area (Å²) in [5.74, 6) is -1.82. The van der Waals surface area contributed by atoms with Crippen LogP contribution in [0.4, 0.5) is 0 Å². The minimum Gasteiger partial charge on any atom is -0.481 e. The van der Waals surface area contributed by atoms with Crippen molar-refractivity contribution in [3.63, 3.8) is 0 Å². The number of nitrogens with zero attached hydrogens (tertiary/aromatic N) is 3. The number of aryl methyl sites for hydroxylation is 1. The maximum atomic E-state index is 12.5. The van der Waals surface area contributed by atoms with Gasteiger partial charge in [0.1, 0.15) is 0 Å². The van der Waals surface area contributed by atoms with E-state index in [2.05, 4.69) is 5.10 Å². The zero-order chi connectivity index (χ0) is 17.1. The first-order valence-electron chi connectivity index (χ1n) is 7.10. The summed E-state index contributed by atoms with van der Waals surface area (Å²) in [5.41, 5.74) is 1.82. The molecule has 0 saturated carbocycles. The van der Waals surface area contributed by atoms with Gasteiger partial charge in [-0.2, -0.15) is 5.10 Å². The van der Waals surface area contributed by atoms with Crippen LogP contribution in [0.15, 0.2) is 30.5 Å². The second kappa shape index (κ2) is 6.83. The highest BCUT2D eigenvalue weighted by Gasteiger charge is 2.21. The van der Waals surface area contributed by atoms with Crippen LogP contribution < -0.4 is 0 Å². The fraction of sp³-hybridized carbons (Fsp3) is 0.312. The van der Waals surface area contributed by atoms with Crippen molar-refractivity contribution in [1.82, 2.24) is 14.7 Å². The number of carbonyl (C=O) groups excluding carboxylic acids is 1. The van der Waals surface area contributed by atoms with Gasteiger partial charge in [-0.05, 0) is 31.2 Å². The molecule has 6 nitrogen and oxygen atoms in total. The quantitative estimate of drug-likeness (QED) is 0.911. The highest BCUT2D eigenvalue weighted by atomic mass is 35.5. The van der Waals surface area contributed by atoms with E-state index in [1.807, 2.05) is 0 Å². The second-order valence-electron chi connectivity index (χ2n) is 5.47. The summed E-state index contributed by atoms with van der Waals surface area (Å²) in [6.45, 7) is 3.45. The third kappa shape index (κ3) is 3.90. The van der Waals surface area contributed by atoms with Gasteiger partial charge in [0.25, 0.3) is 5.91 Å². The summed E-state index contributed by atoms with van der Waals surface area (Å²) < 4.78 is 1.60. The molecule has 1 atom stereocenters. The summed E-state index contributed by atoms with van der Waals surface area (Å²) in [7, 11) is 1.58. The third-order valence-corrected chi connectivity index (χ3v) is 3.79. The summed E-state index contributed by atoms with van der Waals surface area (Å²) in [4.78, 5) is 24.8. The number of rotatable bonds is 5. The number of halogens is 1. The molecule has 1 heterocycles. The molecule has 0 fully saturated rings. The van der Waals surface area contributed by atoms with E-state index in [1.54, 1.807) is 56.0 Å². The highest BCUT2D eigenvalue weighted by Crippen LogP contribution is 2.16. The molecule has 1 N–H and O–H groups in total. The summed E-state index contributed by atoms with van der Waals surface area (Å²) in [5, 5.41) is 13.9. The first-order valence-corrected chi connectivity index (χ1v) is 7.48. The summed E-state index contributed by atoms with van der Waals surface area (Å²) in [6, 6.07) is 7.10. The number of amides is 1. The Labute approximate surface area is 139 Å². The molecule has 0 bridgehead atoms. The first-order chi connectivity index (χ1) is 10.8. The van der Waals surface area contributed by atoms with Crippen molar-refractivity contribution < 1.29 is 14.7 Å². The monoisotopic (exact) mass is 335 g/mol. The van der Waals surface area contributed by atoms with Gasteiger partial charge >= 0.3 is 5.97 Å². The van der Waals surface area contributed by atoms with Crippen molar-refractivity contribution >= 4 is 23.5 Å². The van der Waals surface area contributed by atoms with E-state index in [-0.39, 0.29) is 12.5 Å². The van der Waals surface area contributed by atoms with E-state index in [4.69, 9.17) is 16.7 Å². The van der Waals surface area contributed by atoms with Crippen LogP contribution in [0.25, 0.3) is 5.69 Å². The molecule has 0 radical (unpaired) electrons. The molecule has 23 heavy (non-hydrogen) atoms. The van der Waals surface area contributed by atoms with E-state index < -0.39 is 11.9 Å². The lowest BCUT2D eigenvalue weighted by atomic mass is 10.1. The molecule has 2 aromatic rings. The molecule has 122 valence electrons. The fourth-order valence-electron chi connectivity index (χ4n) is 2.17. The molecule has 1 aromatic carbocycles. The number of hydrogen-bond donors (Lipinski definition) is 1. The maximum Gasteiger partial charge on any atom is 0.308 e. The van der Waals surface area contributed by atoms with Crippen LogP contribution in [0, 0.1) is 12.8 Å². The average molecular weight is 336 g/mol. The number of aromatic nitrogens is 2. The highest BCUT2D eigenvalue weighted by molar-refractivity contribution is 6.30. The van der Waals surface area contributed by atoms with Crippen molar-refractivity contribution in [2.45, 2.75) is 13.8 Å². The van der Waals surface area contributed by atoms with Crippen molar-refractivity contribution in [2.24, 2.45) is 5.92 Å². The number of hydrogen-bond acceptors (Lipinski definition) is 3. The van der Waals surface area contributed by atoms with Crippen LogP contribution in [0.2, 0.25) is 5.02 Å². The standard InChI is InChI=1S/C16H18ClN3O3/c1-10(16(22)23)8-19(3)15(21)14-9-20(18-11(14)2)13-6-4-12(17)5-7-13/h4-7,9-10H,8H2,1-3H3,(H,22,23). The number of carboxylic acid groups (broad SMARTS) is 1. The Morgan fingerprint density at radius 3 is 2.52 bits per heavy atom. The van der Waals surface area contributed by atoms with Crippen LogP contribution in [0.1, 0.15) is 23.0 Å². The molecule has 0 saturated heterocycles. The lowest BCUT2D eigenvalue weighted by molar-refractivity contribution is -0.141. The Bertz CT molecular complexity index is 725.